The third-order valence-corrected chi connectivity index (χ3v) is 2.30. The molecule has 1 aromatic rings. The molecule has 70 valence electrons. The third kappa shape index (κ3) is 2.69. The van der Waals surface area contributed by atoms with Crippen LogP contribution in [0.1, 0.15) is 5.56 Å². The fourth-order valence-electron chi connectivity index (χ4n) is 0.916. The molecule has 3 nitrogen and oxygen atoms in total. The SMILES string of the molecule is CSc1ccc(F)c(CN=NN)c1. The first-order valence-electron chi connectivity index (χ1n) is 3.67. The van der Waals surface area contributed by atoms with Gasteiger partial charge >= 0.3 is 0 Å². The van der Waals surface area contributed by atoms with E-state index in [1.165, 1.54) is 6.07 Å². The molecule has 0 saturated carbocycles. The van der Waals surface area contributed by atoms with Gasteiger partial charge in [0.25, 0.3) is 0 Å². The molecular formula is C8H10FN3S. The number of rotatable bonds is 3. The molecule has 2 N–H and O–H groups in total. The summed E-state index contributed by atoms with van der Waals surface area (Å²) in [6.07, 6.45) is 1.93. The number of nitrogens with two attached hydrogens (primary N) is 1. The Bertz CT molecular complexity index is 314. The van der Waals surface area contributed by atoms with Gasteiger partial charge in [-0.15, -0.1) is 11.8 Å². The van der Waals surface area contributed by atoms with Crippen LogP contribution in [0.4, 0.5) is 4.39 Å². The molecule has 0 amide bonds. The highest BCUT2D eigenvalue weighted by Crippen LogP contribution is 2.19. The van der Waals surface area contributed by atoms with E-state index in [1.807, 2.05) is 6.26 Å². The molecule has 0 aliphatic carbocycles. The molecule has 1 rings (SSSR count). The average molecular weight is 199 g/mol. The molecule has 0 bridgehead atoms. The van der Waals surface area contributed by atoms with Gasteiger partial charge in [-0.05, 0) is 24.5 Å². The van der Waals surface area contributed by atoms with Crippen LogP contribution in [0.25, 0.3) is 0 Å². The Kier molecular flexibility index (Phi) is 3.70. The highest BCUT2D eigenvalue weighted by molar-refractivity contribution is 7.98. The third-order valence-electron chi connectivity index (χ3n) is 1.58. The predicted octanol–water partition coefficient (Wildman–Crippen LogP) is 2.37. The van der Waals surface area contributed by atoms with Crippen LogP contribution in [0, 0.1) is 5.82 Å². The molecule has 0 aliphatic heterocycles. The van der Waals surface area contributed by atoms with E-state index in [2.05, 4.69) is 10.3 Å². The van der Waals surface area contributed by atoms with Crippen LogP contribution < -0.4 is 5.84 Å². The summed E-state index contributed by atoms with van der Waals surface area (Å²) in [4.78, 5) is 1.00. The van der Waals surface area contributed by atoms with E-state index in [0.717, 1.165) is 4.90 Å². The lowest BCUT2D eigenvalue weighted by Crippen LogP contribution is -1.89. The minimum absolute atomic E-state index is 0.191. The van der Waals surface area contributed by atoms with Crippen molar-refractivity contribution >= 4 is 11.8 Å². The minimum atomic E-state index is -0.273. The van der Waals surface area contributed by atoms with Gasteiger partial charge in [0.1, 0.15) is 5.82 Å². The van der Waals surface area contributed by atoms with Gasteiger partial charge in [-0.2, -0.15) is 5.11 Å². The fraction of sp³-hybridized carbons (Fsp3) is 0.250. The first-order valence-corrected chi connectivity index (χ1v) is 4.89. The van der Waals surface area contributed by atoms with Gasteiger partial charge in [0.15, 0.2) is 0 Å². The quantitative estimate of drug-likeness (QED) is 0.351. The van der Waals surface area contributed by atoms with E-state index in [4.69, 9.17) is 5.84 Å². The summed E-state index contributed by atoms with van der Waals surface area (Å²) in [6, 6.07) is 4.89. The van der Waals surface area contributed by atoms with Gasteiger partial charge in [-0.25, -0.2) is 4.39 Å². The Balaban J connectivity index is 2.90. The number of halogens is 1. The van der Waals surface area contributed by atoms with Gasteiger partial charge in [0.2, 0.25) is 0 Å². The standard InChI is InChI=1S/C8H10FN3S/c1-13-7-2-3-8(9)6(4-7)5-11-12-10/h2-4H,5H2,1H3,(H2,10,11). The second-order valence-corrected chi connectivity index (χ2v) is 3.25. The number of benzene rings is 1. The summed E-state index contributed by atoms with van der Waals surface area (Å²) in [5, 5.41) is 6.61. The molecule has 5 heteroatoms. The highest BCUT2D eigenvalue weighted by atomic mass is 32.2. The maximum absolute atomic E-state index is 13.1. The zero-order chi connectivity index (χ0) is 9.68. The van der Waals surface area contributed by atoms with Crippen LogP contribution in [-0.2, 0) is 6.54 Å². The summed E-state index contributed by atoms with van der Waals surface area (Å²) in [5.74, 6) is 4.55. The average Bonchev–Trinajstić information content (AvgIpc) is 2.17. The maximum Gasteiger partial charge on any atom is 0.128 e. The van der Waals surface area contributed by atoms with Crippen molar-refractivity contribution in [3.63, 3.8) is 0 Å². The van der Waals surface area contributed by atoms with Gasteiger partial charge < -0.3 is 5.84 Å². The van der Waals surface area contributed by atoms with E-state index < -0.39 is 0 Å². The molecule has 1 aromatic carbocycles. The molecule has 13 heavy (non-hydrogen) atoms. The highest BCUT2D eigenvalue weighted by Gasteiger charge is 2.01. The van der Waals surface area contributed by atoms with Crippen molar-refractivity contribution in [2.24, 2.45) is 16.2 Å². The van der Waals surface area contributed by atoms with Crippen LogP contribution in [0.2, 0.25) is 0 Å². The van der Waals surface area contributed by atoms with Crippen molar-refractivity contribution < 1.29 is 4.39 Å². The van der Waals surface area contributed by atoms with Gasteiger partial charge in [-0.1, -0.05) is 5.22 Å². The summed E-state index contributed by atoms with van der Waals surface area (Å²) in [7, 11) is 0. The zero-order valence-electron chi connectivity index (χ0n) is 7.20. The lowest BCUT2D eigenvalue weighted by Gasteiger charge is -2.01. The molecule has 0 spiro atoms. The number of thioether (sulfide) groups is 1. The van der Waals surface area contributed by atoms with Crippen LogP contribution in [-0.4, -0.2) is 6.26 Å². The Labute approximate surface area is 80.2 Å². The summed E-state index contributed by atoms with van der Waals surface area (Å²) in [5.41, 5.74) is 0.515. The topological polar surface area (TPSA) is 50.7 Å². The largest absolute Gasteiger partial charge is 0.305 e. The number of hydrogen-bond donors (Lipinski definition) is 1. The van der Waals surface area contributed by atoms with E-state index >= 15 is 0 Å². The smallest absolute Gasteiger partial charge is 0.128 e. The van der Waals surface area contributed by atoms with Gasteiger partial charge in [0.05, 0.1) is 6.54 Å². The Morgan fingerprint density at radius 3 is 2.92 bits per heavy atom. The van der Waals surface area contributed by atoms with Crippen molar-refractivity contribution in [3.8, 4) is 0 Å². The lowest BCUT2D eigenvalue weighted by molar-refractivity contribution is 0.606. The molecule has 0 fully saturated rings. The summed E-state index contributed by atoms with van der Waals surface area (Å²) in [6.45, 7) is 0.191. The summed E-state index contributed by atoms with van der Waals surface area (Å²) < 4.78 is 13.1. The first-order chi connectivity index (χ1) is 6.27. The van der Waals surface area contributed by atoms with Crippen molar-refractivity contribution in [3.05, 3.63) is 29.6 Å². The van der Waals surface area contributed by atoms with E-state index in [0.29, 0.717) is 5.56 Å². The molecular weight excluding hydrogens is 189 g/mol. The van der Waals surface area contributed by atoms with Crippen molar-refractivity contribution in [2.45, 2.75) is 11.4 Å². The maximum atomic E-state index is 13.1. The molecule has 0 atom stereocenters. The monoisotopic (exact) mass is 199 g/mol. The second kappa shape index (κ2) is 4.81. The second-order valence-electron chi connectivity index (χ2n) is 2.37. The van der Waals surface area contributed by atoms with E-state index in [9.17, 15) is 4.39 Å². The Hall–Kier alpha value is -1.10. The van der Waals surface area contributed by atoms with Crippen molar-refractivity contribution in [1.82, 2.24) is 0 Å². The molecule has 0 heterocycles. The van der Waals surface area contributed by atoms with Crippen LogP contribution in [0.3, 0.4) is 0 Å². The molecule has 0 aromatic heterocycles. The Morgan fingerprint density at radius 2 is 2.31 bits per heavy atom. The number of nitrogens with zero attached hydrogens (tertiary/aromatic N) is 2. The molecule has 0 aliphatic rings. The first kappa shape index (κ1) is 9.98. The fourth-order valence-corrected chi connectivity index (χ4v) is 1.38. The van der Waals surface area contributed by atoms with E-state index in [1.54, 1.807) is 23.9 Å². The van der Waals surface area contributed by atoms with Gasteiger partial charge in [-0.3, -0.25) is 0 Å². The predicted molar refractivity (Wildman–Crippen MR) is 50.9 cm³/mol. The summed E-state index contributed by atoms with van der Waals surface area (Å²) >= 11 is 1.55. The van der Waals surface area contributed by atoms with Gasteiger partial charge in [0, 0.05) is 10.5 Å². The van der Waals surface area contributed by atoms with Crippen molar-refractivity contribution in [1.29, 1.82) is 0 Å². The minimum Gasteiger partial charge on any atom is -0.305 e. The molecule has 0 radical (unpaired) electrons. The van der Waals surface area contributed by atoms with E-state index in [-0.39, 0.29) is 12.4 Å². The normalized spacial score (nSPS) is 10.9. The lowest BCUT2D eigenvalue weighted by atomic mass is 10.2. The van der Waals surface area contributed by atoms with Crippen LogP contribution >= 0.6 is 11.8 Å². The number of hydrogen-bond acceptors (Lipinski definition) is 3. The van der Waals surface area contributed by atoms with Crippen LogP contribution in [0.15, 0.2) is 33.4 Å². The van der Waals surface area contributed by atoms with Crippen molar-refractivity contribution in [2.75, 3.05) is 6.26 Å². The van der Waals surface area contributed by atoms with Crippen LogP contribution in [0.5, 0.6) is 0 Å². The zero-order valence-corrected chi connectivity index (χ0v) is 8.01. The molecule has 0 unspecified atom stereocenters. The molecule has 0 saturated heterocycles. The Morgan fingerprint density at radius 1 is 1.54 bits per heavy atom.